The molecule has 0 saturated heterocycles. The van der Waals surface area contributed by atoms with E-state index in [-0.39, 0.29) is 11.6 Å². The van der Waals surface area contributed by atoms with Crippen LogP contribution in [-0.4, -0.2) is 20.2 Å². The van der Waals surface area contributed by atoms with E-state index in [9.17, 15) is 4.79 Å². The standard InChI is InChI=1S/C9H11N5O/c1-6(9-10-2-3-11-9)13-7-4-8(15)14-12-5-7/h2-6H,1H3,(H,10,11)(H2,13,14,15). The summed E-state index contributed by atoms with van der Waals surface area (Å²) in [5.74, 6) is 0.815. The number of imidazole rings is 1. The minimum Gasteiger partial charge on any atom is -0.374 e. The lowest BCUT2D eigenvalue weighted by Gasteiger charge is -2.11. The molecular formula is C9H11N5O. The second-order valence-corrected chi connectivity index (χ2v) is 3.17. The first kappa shape index (κ1) is 9.45. The van der Waals surface area contributed by atoms with Gasteiger partial charge in [-0.1, -0.05) is 0 Å². The van der Waals surface area contributed by atoms with E-state index in [1.54, 1.807) is 18.6 Å². The normalized spacial score (nSPS) is 12.3. The highest BCUT2D eigenvalue weighted by molar-refractivity contribution is 5.40. The molecule has 0 aliphatic heterocycles. The fourth-order valence-corrected chi connectivity index (χ4v) is 1.29. The summed E-state index contributed by atoms with van der Waals surface area (Å²) in [6, 6.07) is 1.45. The highest BCUT2D eigenvalue weighted by Crippen LogP contribution is 2.12. The third-order valence-electron chi connectivity index (χ3n) is 1.98. The summed E-state index contributed by atoms with van der Waals surface area (Å²) in [4.78, 5) is 18.1. The summed E-state index contributed by atoms with van der Waals surface area (Å²) in [5.41, 5.74) is 0.439. The van der Waals surface area contributed by atoms with Gasteiger partial charge in [0.1, 0.15) is 5.82 Å². The smallest absolute Gasteiger partial charge is 0.266 e. The first-order valence-electron chi connectivity index (χ1n) is 4.56. The summed E-state index contributed by atoms with van der Waals surface area (Å²) in [6.07, 6.45) is 4.99. The molecule has 0 spiro atoms. The van der Waals surface area contributed by atoms with Crippen LogP contribution in [0.15, 0.2) is 29.5 Å². The predicted octanol–water partition coefficient (Wildman–Crippen LogP) is 0.666. The lowest BCUT2D eigenvalue weighted by Crippen LogP contribution is -2.12. The molecule has 1 atom stereocenters. The third kappa shape index (κ3) is 2.22. The maximum Gasteiger partial charge on any atom is 0.266 e. The van der Waals surface area contributed by atoms with Crippen molar-refractivity contribution in [1.29, 1.82) is 0 Å². The monoisotopic (exact) mass is 205 g/mol. The number of aromatic amines is 2. The molecule has 3 N–H and O–H groups in total. The van der Waals surface area contributed by atoms with Gasteiger partial charge in [-0.25, -0.2) is 10.1 Å². The summed E-state index contributed by atoms with van der Waals surface area (Å²) < 4.78 is 0. The fraction of sp³-hybridized carbons (Fsp3) is 0.222. The van der Waals surface area contributed by atoms with Crippen molar-refractivity contribution in [3.05, 3.63) is 40.8 Å². The van der Waals surface area contributed by atoms with Gasteiger partial charge in [0.05, 0.1) is 17.9 Å². The summed E-state index contributed by atoms with van der Waals surface area (Å²) in [6.45, 7) is 1.94. The Hall–Kier alpha value is -2.11. The Morgan fingerprint density at radius 2 is 2.40 bits per heavy atom. The van der Waals surface area contributed by atoms with Crippen LogP contribution in [0.25, 0.3) is 0 Å². The van der Waals surface area contributed by atoms with E-state index in [0.29, 0.717) is 5.69 Å². The molecule has 0 radical (unpaired) electrons. The Kier molecular flexibility index (Phi) is 2.49. The van der Waals surface area contributed by atoms with Gasteiger partial charge in [0.2, 0.25) is 0 Å². The minimum atomic E-state index is -0.230. The van der Waals surface area contributed by atoms with Crippen LogP contribution in [0.4, 0.5) is 5.69 Å². The minimum absolute atomic E-state index is 0.00333. The zero-order valence-corrected chi connectivity index (χ0v) is 8.19. The lowest BCUT2D eigenvalue weighted by atomic mass is 10.3. The number of rotatable bonds is 3. The molecular weight excluding hydrogens is 194 g/mol. The van der Waals surface area contributed by atoms with Crippen LogP contribution in [-0.2, 0) is 0 Å². The Bertz CT molecular complexity index is 475. The Balaban J connectivity index is 2.12. The van der Waals surface area contributed by atoms with Crippen LogP contribution in [0.2, 0.25) is 0 Å². The zero-order valence-electron chi connectivity index (χ0n) is 8.19. The van der Waals surface area contributed by atoms with E-state index in [0.717, 1.165) is 5.82 Å². The quantitative estimate of drug-likeness (QED) is 0.687. The van der Waals surface area contributed by atoms with E-state index in [1.165, 1.54) is 6.07 Å². The van der Waals surface area contributed by atoms with Gasteiger partial charge in [0.25, 0.3) is 5.56 Å². The highest BCUT2D eigenvalue weighted by atomic mass is 16.1. The van der Waals surface area contributed by atoms with Gasteiger partial charge < -0.3 is 10.3 Å². The highest BCUT2D eigenvalue weighted by Gasteiger charge is 2.07. The molecule has 2 aromatic rings. The van der Waals surface area contributed by atoms with Gasteiger partial charge >= 0.3 is 0 Å². The second kappa shape index (κ2) is 3.95. The molecule has 1 unspecified atom stereocenters. The summed E-state index contributed by atoms with van der Waals surface area (Å²) in [5, 5.41) is 9.11. The average Bonchev–Trinajstić information content (AvgIpc) is 2.70. The first-order chi connectivity index (χ1) is 7.25. The van der Waals surface area contributed by atoms with Crippen molar-refractivity contribution in [2.45, 2.75) is 13.0 Å². The van der Waals surface area contributed by atoms with E-state index < -0.39 is 0 Å². The number of anilines is 1. The number of nitrogens with one attached hydrogen (secondary N) is 3. The molecule has 0 aliphatic carbocycles. The number of H-pyrrole nitrogens is 2. The van der Waals surface area contributed by atoms with Crippen LogP contribution in [0.3, 0.4) is 0 Å². The number of hydrogen-bond acceptors (Lipinski definition) is 4. The average molecular weight is 205 g/mol. The molecule has 2 rings (SSSR count). The Morgan fingerprint density at radius 3 is 3.07 bits per heavy atom. The molecule has 0 fully saturated rings. The molecule has 0 aromatic carbocycles. The zero-order chi connectivity index (χ0) is 10.7. The largest absolute Gasteiger partial charge is 0.374 e. The van der Waals surface area contributed by atoms with Gasteiger partial charge in [-0.3, -0.25) is 4.79 Å². The molecule has 78 valence electrons. The van der Waals surface area contributed by atoms with Crippen molar-refractivity contribution in [3.8, 4) is 0 Å². The number of hydrogen-bond donors (Lipinski definition) is 3. The molecule has 0 saturated carbocycles. The van der Waals surface area contributed by atoms with Gasteiger partial charge in [-0.05, 0) is 6.92 Å². The lowest BCUT2D eigenvalue weighted by molar-refractivity contribution is 0.806. The molecule has 0 amide bonds. The van der Waals surface area contributed by atoms with E-state index in [2.05, 4.69) is 25.5 Å². The van der Waals surface area contributed by atoms with Crippen molar-refractivity contribution < 1.29 is 0 Å². The molecule has 0 bridgehead atoms. The Morgan fingerprint density at radius 1 is 1.53 bits per heavy atom. The van der Waals surface area contributed by atoms with E-state index in [4.69, 9.17) is 0 Å². The van der Waals surface area contributed by atoms with Gasteiger partial charge in [-0.15, -0.1) is 0 Å². The van der Waals surface area contributed by atoms with Crippen molar-refractivity contribution in [3.63, 3.8) is 0 Å². The second-order valence-electron chi connectivity index (χ2n) is 3.17. The molecule has 0 aliphatic rings. The van der Waals surface area contributed by atoms with E-state index in [1.807, 2.05) is 6.92 Å². The third-order valence-corrected chi connectivity index (χ3v) is 1.98. The van der Waals surface area contributed by atoms with Crippen LogP contribution < -0.4 is 10.9 Å². The fourth-order valence-electron chi connectivity index (χ4n) is 1.29. The molecule has 2 aromatic heterocycles. The van der Waals surface area contributed by atoms with Crippen LogP contribution in [0.1, 0.15) is 18.8 Å². The van der Waals surface area contributed by atoms with Crippen molar-refractivity contribution in [2.24, 2.45) is 0 Å². The SMILES string of the molecule is CC(Nc1cn[nH]c(=O)c1)c1ncc[nH]1. The van der Waals surface area contributed by atoms with Crippen LogP contribution >= 0.6 is 0 Å². The maximum absolute atomic E-state index is 11.0. The van der Waals surface area contributed by atoms with Crippen molar-refractivity contribution >= 4 is 5.69 Å². The van der Waals surface area contributed by atoms with Crippen LogP contribution in [0, 0.1) is 0 Å². The van der Waals surface area contributed by atoms with Gasteiger partial charge in [0, 0.05) is 18.5 Å². The molecule has 6 heteroatoms. The summed E-state index contributed by atoms with van der Waals surface area (Å²) in [7, 11) is 0. The number of nitrogens with zero attached hydrogens (tertiary/aromatic N) is 2. The molecule has 6 nitrogen and oxygen atoms in total. The van der Waals surface area contributed by atoms with Crippen molar-refractivity contribution in [2.75, 3.05) is 5.32 Å². The first-order valence-corrected chi connectivity index (χ1v) is 4.56. The van der Waals surface area contributed by atoms with Gasteiger partial charge in [-0.2, -0.15) is 5.10 Å². The van der Waals surface area contributed by atoms with Crippen molar-refractivity contribution in [1.82, 2.24) is 20.2 Å². The van der Waals surface area contributed by atoms with E-state index >= 15 is 0 Å². The Labute approximate surface area is 85.8 Å². The number of aromatic nitrogens is 4. The topological polar surface area (TPSA) is 86.5 Å². The van der Waals surface area contributed by atoms with Gasteiger partial charge in [0.15, 0.2) is 0 Å². The molecule has 2 heterocycles. The maximum atomic E-state index is 11.0. The predicted molar refractivity (Wildman–Crippen MR) is 55.5 cm³/mol. The summed E-state index contributed by atoms with van der Waals surface area (Å²) >= 11 is 0. The van der Waals surface area contributed by atoms with Crippen LogP contribution in [0.5, 0.6) is 0 Å². The molecule has 15 heavy (non-hydrogen) atoms.